The Balaban J connectivity index is 2.02. The number of thiophene rings is 1. The number of carboxylic acid groups (broad SMARTS) is 1. The van der Waals surface area contributed by atoms with Crippen LogP contribution < -0.4 is 0 Å². The third kappa shape index (κ3) is 2.38. The largest absolute Gasteiger partial charge is 0.481 e. The first kappa shape index (κ1) is 13.0. The molecule has 0 atom stereocenters. The highest BCUT2D eigenvalue weighted by molar-refractivity contribution is 7.12. The molecule has 2 heterocycles. The van der Waals surface area contributed by atoms with Crippen LogP contribution >= 0.6 is 11.3 Å². The fraction of sp³-hybridized carbons (Fsp3) is 0.500. The molecule has 0 unspecified atom stereocenters. The number of piperidine rings is 1. The quantitative estimate of drug-likeness (QED) is 0.897. The van der Waals surface area contributed by atoms with E-state index in [1.54, 1.807) is 11.8 Å². The summed E-state index contributed by atoms with van der Waals surface area (Å²) in [5.41, 5.74) is -0.753. The van der Waals surface area contributed by atoms with Crippen LogP contribution in [0.2, 0.25) is 0 Å². The number of carbonyl (C=O) groups is 2. The minimum atomic E-state index is -0.822. The van der Waals surface area contributed by atoms with Gasteiger partial charge in [-0.1, -0.05) is 0 Å². The van der Waals surface area contributed by atoms with Crippen LogP contribution in [0.25, 0.3) is 0 Å². The molecule has 1 aliphatic heterocycles. The highest BCUT2D eigenvalue weighted by atomic mass is 32.1. The Kier molecular flexibility index (Phi) is 3.38. The number of carboxylic acids is 1. The van der Waals surface area contributed by atoms with Crippen LogP contribution in [-0.4, -0.2) is 35.0 Å². The Hall–Kier alpha value is -1.43. The van der Waals surface area contributed by atoms with Gasteiger partial charge >= 0.3 is 5.97 Å². The van der Waals surface area contributed by atoms with Crippen LogP contribution in [0, 0.1) is 10.5 Å². The number of halogens is 1. The molecule has 1 aromatic heterocycles. The van der Waals surface area contributed by atoms with Gasteiger partial charge in [-0.3, -0.25) is 9.59 Å². The second kappa shape index (κ2) is 4.68. The van der Waals surface area contributed by atoms with Crippen LogP contribution in [0.5, 0.6) is 0 Å². The first-order chi connectivity index (χ1) is 8.42. The number of likely N-dealkylation sites (tertiary alicyclic amines) is 1. The van der Waals surface area contributed by atoms with Crippen LogP contribution in [0.1, 0.15) is 29.4 Å². The molecule has 1 N–H and O–H groups in total. The van der Waals surface area contributed by atoms with Gasteiger partial charge < -0.3 is 10.0 Å². The summed E-state index contributed by atoms with van der Waals surface area (Å²) in [4.78, 5) is 25.1. The molecule has 0 spiro atoms. The molecule has 0 aromatic carbocycles. The number of carbonyl (C=O) groups excluding carboxylic acids is 1. The minimum Gasteiger partial charge on any atom is -0.481 e. The van der Waals surface area contributed by atoms with Crippen molar-refractivity contribution in [1.29, 1.82) is 0 Å². The lowest BCUT2D eigenvalue weighted by molar-refractivity contribution is -0.150. The maximum absolute atomic E-state index is 12.9. The summed E-state index contributed by atoms with van der Waals surface area (Å²) in [6.45, 7) is 2.50. The fourth-order valence-electron chi connectivity index (χ4n) is 2.00. The monoisotopic (exact) mass is 271 g/mol. The van der Waals surface area contributed by atoms with Gasteiger partial charge in [0.25, 0.3) is 5.91 Å². The van der Waals surface area contributed by atoms with Crippen molar-refractivity contribution in [2.24, 2.45) is 5.41 Å². The highest BCUT2D eigenvalue weighted by Crippen LogP contribution is 2.32. The zero-order chi connectivity index (χ0) is 13.3. The Morgan fingerprint density at radius 2 is 2.00 bits per heavy atom. The minimum absolute atomic E-state index is 0.212. The number of rotatable bonds is 2. The third-order valence-corrected chi connectivity index (χ3v) is 4.32. The Labute approximate surface area is 108 Å². The van der Waals surface area contributed by atoms with Crippen LogP contribution in [0.4, 0.5) is 4.39 Å². The molecule has 1 saturated heterocycles. The fourth-order valence-corrected chi connectivity index (χ4v) is 2.70. The van der Waals surface area contributed by atoms with Crippen molar-refractivity contribution in [3.63, 3.8) is 0 Å². The first-order valence-corrected chi connectivity index (χ1v) is 6.52. The maximum Gasteiger partial charge on any atom is 0.309 e. The van der Waals surface area contributed by atoms with E-state index in [2.05, 4.69) is 0 Å². The van der Waals surface area contributed by atoms with Crippen molar-refractivity contribution in [3.8, 4) is 0 Å². The van der Waals surface area contributed by atoms with E-state index in [4.69, 9.17) is 5.11 Å². The molecule has 4 nitrogen and oxygen atoms in total. The SMILES string of the molecule is CC1(C(=O)O)CCN(C(=O)c2ccc(F)s2)CC1. The summed E-state index contributed by atoms with van der Waals surface area (Å²) in [7, 11) is 0. The van der Waals surface area contributed by atoms with E-state index in [1.807, 2.05) is 0 Å². The highest BCUT2D eigenvalue weighted by Gasteiger charge is 2.38. The third-order valence-electron chi connectivity index (χ3n) is 3.45. The number of hydrogen-bond acceptors (Lipinski definition) is 3. The van der Waals surface area contributed by atoms with Crippen LogP contribution in [0.3, 0.4) is 0 Å². The van der Waals surface area contributed by atoms with Gasteiger partial charge in [-0.2, -0.15) is 4.39 Å². The van der Waals surface area contributed by atoms with E-state index in [9.17, 15) is 14.0 Å². The molecule has 98 valence electrons. The van der Waals surface area contributed by atoms with Gasteiger partial charge in [-0.15, -0.1) is 11.3 Å². The average Bonchev–Trinajstić information content (AvgIpc) is 2.76. The smallest absolute Gasteiger partial charge is 0.309 e. The molecule has 2 rings (SSSR count). The summed E-state index contributed by atoms with van der Waals surface area (Å²) >= 11 is 0.821. The number of amides is 1. The van der Waals surface area contributed by atoms with E-state index >= 15 is 0 Å². The van der Waals surface area contributed by atoms with Gasteiger partial charge in [0.05, 0.1) is 10.3 Å². The van der Waals surface area contributed by atoms with Gasteiger partial charge in [0.1, 0.15) is 0 Å². The molecular formula is C12H14FNO3S. The lowest BCUT2D eigenvalue weighted by Gasteiger charge is -2.36. The molecule has 0 aliphatic carbocycles. The van der Waals surface area contributed by atoms with Crippen LogP contribution in [0.15, 0.2) is 12.1 Å². The normalized spacial score (nSPS) is 18.7. The predicted molar refractivity (Wildman–Crippen MR) is 65.2 cm³/mol. The number of nitrogens with zero attached hydrogens (tertiary/aromatic N) is 1. The molecule has 6 heteroatoms. The zero-order valence-corrected chi connectivity index (χ0v) is 10.8. The Morgan fingerprint density at radius 1 is 1.39 bits per heavy atom. The van der Waals surface area contributed by atoms with Crippen molar-refractivity contribution < 1.29 is 19.1 Å². The second-order valence-corrected chi connectivity index (χ2v) is 5.80. The Bertz CT molecular complexity index is 477. The van der Waals surface area contributed by atoms with E-state index in [0.29, 0.717) is 30.8 Å². The first-order valence-electron chi connectivity index (χ1n) is 5.70. The molecule has 1 amide bonds. The molecule has 0 radical (unpaired) electrons. The van der Waals surface area contributed by atoms with Crippen LogP contribution in [-0.2, 0) is 4.79 Å². The topological polar surface area (TPSA) is 57.6 Å². The van der Waals surface area contributed by atoms with Gasteiger partial charge in [0.15, 0.2) is 5.13 Å². The van der Waals surface area contributed by atoms with Crippen molar-refractivity contribution in [2.75, 3.05) is 13.1 Å². The molecular weight excluding hydrogens is 257 g/mol. The van der Waals surface area contributed by atoms with E-state index in [0.717, 1.165) is 11.3 Å². The molecule has 18 heavy (non-hydrogen) atoms. The van der Waals surface area contributed by atoms with Crippen molar-refractivity contribution in [2.45, 2.75) is 19.8 Å². The molecule has 0 saturated carbocycles. The summed E-state index contributed by atoms with van der Waals surface area (Å²) in [5.74, 6) is -1.03. The molecule has 1 aliphatic rings. The van der Waals surface area contributed by atoms with Gasteiger partial charge in [-0.05, 0) is 31.9 Å². The summed E-state index contributed by atoms with van der Waals surface area (Å²) < 4.78 is 12.9. The van der Waals surface area contributed by atoms with Crippen molar-refractivity contribution in [3.05, 3.63) is 22.1 Å². The number of aliphatic carboxylic acids is 1. The summed E-state index contributed by atoms with van der Waals surface area (Å²) in [6, 6.07) is 2.73. The van der Waals surface area contributed by atoms with Crippen molar-refractivity contribution >= 4 is 23.2 Å². The zero-order valence-electron chi connectivity index (χ0n) is 9.98. The maximum atomic E-state index is 12.9. The second-order valence-electron chi connectivity index (χ2n) is 4.76. The number of hydrogen-bond donors (Lipinski definition) is 1. The van der Waals surface area contributed by atoms with E-state index in [1.165, 1.54) is 12.1 Å². The molecule has 0 bridgehead atoms. The Morgan fingerprint density at radius 3 is 2.44 bits per heavy atom. The molecule has 1 fully saturated rings. The van der Waals surface area contributed by atoms with Gasteiger partial charge in [0.2, 0.25) is 0 Å². The van der Waals surface area contributed by atoms with E-state index in [-0.39, 0.29) is 11.0 Å². The predicted octanol–water partition coefficient (Wildman–Crippen LogP) is 2.21. The van der Waals surface area contributed by atoms with Gasteiger partial charge in [-0.25, -0.2) is 0 Å². The standard InChI is InChI=1S/C12H14FNO3S/c1-12(11(16)17)4-6-14(7-5-12)10(15)8-2-3-9(13)18-8/h2-3H,4-7H2,1H3,(H,16,17). The van der Waals surface area contributed by atoms with E-state index < -0.39 is 11.4 Å². The lowest BCUT2D eigenvalue weighted by atomic mass is 9.80. The van der Waals surface area contributed by atoms with Crippen molar-refractivity contribution in [1.82, 2.24) is 4.90 Å². The van der Waals surface area contributed by atoms with Gasteiger partial charge in [0, 0.05) is 13.1 Å². The summed E-state index contributed by atoms with van der Waals surface area (Å²) in [5, 5.41) is 8.71. The molecule has 1 aromatic rings. The summed E-state index contributed by atoms with van der Waals surface area (Å²) in [6.07, 6.45) is 0.865. The average molecular weight is 271 g/mol. The lowest BCUT2D eigenvalue weighted by Crippen LogP contribution is -2.45.